The number of amides is 1. The number of pyridine rings is 1. The van der Waals surface area contributed by atoms with Crippen LogP contribution in [0.4, 0.5) is 31.1 Å². The summed E-state index contributed by atoms with van der Waals surface area (Å²) in [7, 11) is 0. The molecule has 4 rings (SSSR count). The van der Waals surface area contributed by atoms with Crippen LogP contribution in [0.2, 0.25) is 0 Å². The van der Waals surface area contributed by atoms with Gasteiger partial charge in [0.15, 0.2) is 0 Å². The number of aromatic nitrogens is 1. The fourth-order valence-electron chi connectivity index (χ4n) is 4.13. The molecule has 250 valence electrons. The lowest BCUT2D eigenvalue weighted by atomic mass is 9.81. The van der Waals surface area contributed by atoms with Crippen LogP contribution in [0.25, 0.3) is 11.1 Å². The molecular weight excluding hydrogens is 628 g/mol. The number of aliphatic carboxylic acids is 2. The second-order valence-corrected chi connectivity index (χ2v) is 9.49. The van der Waals surface area contributed by atoms with Crippen molar-refractivity contribution in [3.05, 3.63) is 84.1 Å². The SMILES string of the molecule is CCOc1ncccc1-c1ccc(C2(NC(=O)OCc3ccccc3)CCNCC2)cc1.O=C(O)C(F)(F)F.O=C(O)C(F)(F)F. The Kier molecular flexibility index (Phi) is 13.8. The molecule has 1 aliphatic rings. The summed E-state index contributed by atoms with van der Waals surface area (Å²) in [6.07, 6.45) is -7.24. The van der Waals surface area contributed by atoms with Gasteiger partial charge >= 0.3 is 30.4 Å². The van der Waals surface area contributed by atoms with Gasteiger partial charge in [0.25, 0.3) is 0 Å². The van der Waals surface area contributed by atoms with Crippen LogP contribution in [0.5, 0.6) is 5.88 Å². The van der Waals surface area contributed by atoms with E-state index in [1.54, 1.807) is 6.20 Å². The molecule has 4 N–H and O–H groups in total. The van der Waals surface area contributed by atoms with Gasteiger partial charge in [-0.1, -0.05) is 54.6 Å². The first-order chi connectivity index (χ1) is 21.6. The van der Waals surface area contributed by atoms with E-state index in [4.69, 9.17) is 29.3 Å². The highest BCUT2D eigenvalue weighted by Gasteiger charge is 2.39. The Labute approximate surface area is 259 Å². The van der Waals surface area contributed by atoms with E-state index in [-0.39, 0.29) is 6.61 Å². The number of carbonyl (C=O) groups excluding carboxylic acids is 1. The van der Waals surface area contributed by atoms with E-state index < -0.39 is 35.9 Å². The first-order valence-corrected chi connectivity index (χ1v) is 13.6. The van der Waals surface area contributed by atoms with Gasteiger partial charge in [-0.3, -0.25) is 0 Å². The molecule has 0 atom stereocenters. The summed E-state index contributed by atoms with van der Waals surface area (Å²) in [4.78, 5) is 34.8. The molecule has 1 amide bonds. The number of carboxylic acids is 2. The van der Waals surface area contributed by atoms with E-state index in [2.05, 4.69) is 39.9 Å². The molecule has 1 saturated heterocycles. The van der Waals surface area contributed by atoms with E-state index in [0.29, 0.717) is 12.5 Å². The van der Waals surface area contributed by atoms with Crippen molar-refractivity contribution in [2.75, 3.05) is 19.7 Å². The smallest absolute Gasteiger partial charge is 0.478 e. The molecule has 0 radical (unpaired) electrons. The molecule has 1 aromatic heterocycles. The first kappa shape index (κ1) is 37.3. The zero-order chi connectivity index (χ0) is 34.4. The third kappa shape index (κ3) is 11.9. The maximum atomic E-state index is 12.7. The van der Waals surface area contributed by atoms with Gasteiger partial charge in [0.05, 0.1) is 12.1 Å². The number of carboxylic acid groups (broad SMARTS) is 2. The van der Waals surface area contributed by atoms with Gasteiger partial charge in [0.2, 0.25) is 5.88 Å². The Morgan fingerprint density at radius 3 is 1.91 bits per heavy atom. The summed E-state index contributed by atoms with van der Waals surface area (Å²) in [5.74, 6) is -4.89. The molecule has 10 nitrogen and oxygen atoms in total. The molecule has 0 unspecified atom stereocenters. The monoisotopic (exact) mass is 659 g/mol. The third-order valence-electron chi connectivity index (χ3n) is 6.30. The Bertz CT molecular complexity index is 1390. The number of alkyl halides is 6. The molecule has 0 bridgehead atoms. The van der Waals surface area contributed by atoms with Crippen molar-refractivity contribution in [2.24, 2.45) is 0 Å². The lowest BCUT2D eigenvalue weighted by Crippen LogP contribution is -2.52. The molecule has 0 aliphatic carbocycles. The Morgan fingerprint density at radius 1 is 0.870 bits per heavy atom. The molecular formula is C30H31F6N3O7. The van der Waals surface area contributed by atoms with Crippen molar-refractivity contribution in [1.82, 2.24) is 15.6 Å². The molecule has 0 spiro atoms. The topological polar surface area (TPSA) is 147 Å². The van der Waals surface area contributed by atoms with Crippen LogP contribution >= 0.6 is 0 Å². The third-order valence-corrected chi connectivity index (χ3v) is 6.30. The fraction of sp³-hybridized carbons (Fsp3) is 0.333. The molecule has 0 saturated carbocycles. The average Bonchev–Trinajstić information content (AvgIpc) is 3.01. The number of hydrogen-bond donors (Lipinski definition) is 4. The number of nitrogens with one attached hydrogen (secondary N) is 2. The molecule has 16 heteroatoms. The Morgan fingerprint density at radius 2 is 1.41 bits per heavy atom. The minimum atomic E-state index is -5.08. The molecule has 1 fully saturated rings. The predicted octanol–water partition coefficient (Wildman–Crippen LogP) is 5.92. The maximum absolute atomic E-state index is 12.7. The highest BCUT2D eigenvalue weighted by atomic mass is 19.4. The standard InChI is InChI=1S/C26H29N3O3.2C2HF3O2/c1-2-31-24-23(9-6-16-28-24)21-10-12-22(13-11-21)26(14-17-27-18-15-26)29-25(30)32-19-20-7-4-3-5-8-20;2*3-2(4,5)1(6)7/h3-13,16,27H,2,14-15,17-19H2,1H3,(H,29,30);2*(H,6,7). The Balaban J connectivity index is 0.000000440. The van der Waals surface area contributed by atoms with Crippen LogP contribution in [0.3, 0.4) is 0 Å². The van der Waals surface area contributed by atoms with Gasteiger partial charge in [-0.15, -0.1) is 0 Å². The van der Waals surface area contributed by atoms with Crippen molar-refractivity contribution in [2.45, 2.75) is 44.3 Å². The van der Waals surface area contributed by atoms with Crippen molar-refractivity contribution >= 4 is 18.0 Å². The highest BCUT2D eigenvalue weighted by molar-refractivity contribution is 5.73. The second kappa shape index (κ2) is 17.0. The minimum absolute atomic E-state index is 0.251. The summed E-state index contributed by atoms with van der Waals surface area (Å²) in [6, 6.07) is 21.9. The molecule has 2 heterocycles. The van der Waals surface area contributed by atoms with Crippen LogP contribution in [0.15, 0.2) is 72.9 Å². The van der Waals surface area contributed by atoms with Crippen molar-refractivity contribution in [3.8, 4) is 17.0 Å². The van der Waals surface area contributed by atoms with E-state index >= 15 is 0 Å². The number of rotatable bonds is 7. The van der Waals surface area contributed by atoms with Crippen molar-refractivity contribution in [3.63, 3.8) is 0 Å². The summed E-state index contributed by atoms with van der Waals surface area (Å²) in [5, 5.41) is 20.8. The number of nitrogens with zero attached hydrogens (tertiary/aromatic N) is 1. The largest absolute Gasteiger partial charge is 0.490 e. The molecule has 3 aromatic rings. The van der Waals surface area contributed by atoms with Gasteiger partial charge in [-0.2, -0.15) is 26.3 Å². The number of ether oxygens (including phenoxy) is 2. The lowest BCUT2D eigenvalue weighted by Gasteiger charge is -2.38. The van der Waals surface area contributed by atoms with E-state index in [1.807, 2.05) is 49.4 Å². The predicted molar refractivity (Wildman–Crippen MR) is 152 cm³/mol. The summed E-state index contributed by atoms with van der Waals surface area (Å²) in [6.45, 7) is 4.43. The Hall–Kier alpha value is -4.86. The van der Waals surface area contributed by atoms with Crippen molar-refractivity contribution in [1.29, 1.82) is 0 Å². The molecule has 1 aliphatic heterocycles. The van der Waals surface area contributed by atoms with E-state index in [0.717, 1.165) is 48.2 Å². The number of halogens is 6. The molecule has 2 aromatic carbocycles. The number of alkyl carbamates (subject to hydrolysis) is 1. The summed E-state index contributed by atoms with van der Waals surface area (Å²) >= 11 is 0. The zero-order valence-electron chi connectivity index (χ0n) is 24.3. The number of carbonyl (C=O) groups is 3. The second-order valence-electron chi connectivity index (χ2n) is 9.49. The van der Waals surface area contributed by atoms with Crippen molar-refractivity contribution < 1.29 is 60.4 Å². The number of hydrogen-bond acceptors (Lipinski definition) is 7. The van der Waals surface area contributed by atoms with Gasteiger partial charge in [-0.25, -0.2) is 19.4 Å². The van der Waals surface area contributed by atoms with Crippen LogP contribution < -0.4 is 15.4 Å². The van der Waals surface area contributed by atoms with Gasteiger partial charge in [-0.05, 0) is 61.7 Å². The minimum Gasteiger partial charge on any atom is -0.478 e. The lowest BCUT2D eigenvalue weighted by molar-refractivity contribution is -0.193. The quantitative estimate of drug-likeness (QED) is 0.227. The van der Waals surface area contributed by atoms with Crippen LogP contribution in [0, 0.1) is 0 Å². The zero-order valence-corrected chi connectivity index (χ0v) is 24.3. The van der Waals surface area contributed by atoms with Crippen LogP contribution in [-0.2, 0) is 26.5 Å². The van der Waals surface area contributed by atoms with Crippen LogP contribution in [-0.4, -0.2) is 65.3 Å². The van der Waals surface area contributed by atoms with Gasteiger partial charge in [0, 0.05) is 11.8 Å². The number of benzene rings is 2. The highest BCUT2D eigenvalue weighted by Crippen LogP contribution is 2.34. The molecule has 46 heavy (non-hydrogen) atoms. The summed E-state index contributed by atoms with van der Waals surface area (Å²) in [5.41, 5.74) is 3.56. The van der Waals surface area contributed by atoms with Crippen LogP contribution in [0.1, 0.15) is 30.9 Å². The maximum Gasteiger partial charge on any atom is 0.490 e. The number of piperidine rings is 1. The fourth-order valence-corrected chi connectivity index (χ4v) is 4.13. The average molecular weight is 660 g/mol. The van der Waals surface area contributed by atoms with Gasteiger partial charge < -0.3 is 30.3 Å². The van der Waals surface area contributed by atoms with E-state index in [9.17, 15) is 31.1 Å². The normalized spacial score (nSPS) is 13.9. The first-order valence-electron chi connectivity index (χ1n) is 13.6. The summed E-state index contributed by atoms with van der Waals surface area (Å²) < 4.78 is 74.7. The van der Waals surface area contributed by atoms with E-state index in [1.165, 1.54) is 0 Å². The van der Waals surface area contributed by atoms with Gasteiger partial charge in [0.1, 0.15) is 6.61 Å².